The lowest BCUT2D eigenvalue weighted by molar-refractivity contribution is 0.240. The summed E-state index contributed by atoms with van der Waals surface area (Å²) >= 11 is 3.55. The summed E-state index contributed by atoms with van der Waals surface area (Å²) in [5.41, 5.74) is 4.65. The van der Waals surface area contributed by atoms with E-state index in [1.165, 1.54) is 7.05 Å². The lowest BCUT2D eigenvalue weighted by atomic mass is 10.3. The Kier molecular flexibility index (Phi) is 6.05. The Morgan fingerprint density at radius 3 is 1.55 bits per heavy atom. The van der Waals surface area contributed by atoms with E-state index in [1.54, 1.807) is 0 Å². The molecule has 0 saturated heterocycles. The molecule has 0 spiro atoms. The number of nitrogens with two attached hydrogens (primary N) is 1. The van der Waals surface area contributed by atoms with Gasteiger partial charge in [0.2, 0.25) is 0 Å². The summed E-state index contributed by atoms with van der Waals surface area (Å²) in [5, 5.41) is 0. The number of carbonyl (C=O) groups excluding carboxylic acids is 1. The van der Waals surface area contributed by atoms with Crippen LogP contribution >= 0.6 is 12.8 Å². The molecule has 0 bridgehead atoms. The maximum Gasteiger partial charge on any atom is 0.673 e. The molecule has 0 aromatic carbocycles. The topological polar surface area (TPSA) is 46.3 Å². The standard InChI is InChI=1S/C2H6N2OS.BF4/c1-4(6)2(3)5;2-1(3,4)5/h6H,1H3,(H2,3,5);/q;-1. The fourth-order valence-electron chi connectivity index (χ4n) is 0. The predicted octanol–water partition coefficient (Wildman–Crippen LogP) is 1.14. The van der Waals surface area contributed by atoms with E-state index in [9.17, 15) is 22.1 Å². The molecule has 0 aromatic heterocycles. The molecular weight excluding hydrogens is 187 g/mol. The van der Waals surface area contributed by atoms with Crippen molar-refractivity contribution in [2.45, 2.75) is 0 Å². The molecule has 0 aliphatic rings. The Bertz CT molecular complexity index is 122. The second-order valence-electron chi connectivity index (χ2n) is 1.36. The van der Waals surface area contributed by atoms with Crippen molar-refractivity contribution < 1.29 is 22.1 Å². The summed E-state index contributed by atoms with van der Waals surface area (Å²) < 4.78 is 40.0. The quantitative estimate of drug-likeness (QED) is 0.338. The van der Waals surface area contributed by atoms with Crippen LogP contribution in [0.2, 0.25) is 0 Å². The zero-order chi connectivity index (χ0) is 9.65. The van der Waals surface area contributed by atoms with Crippen molar-refractivity contribution in [3.8, 4) is 0 Å². The molecule has 11 heavy (non-hydrogen) atoms. The molecule has 0 aromatic rings. The van der Waals surface area contributed by atoms with Crippen molar-refractivity contribution in [1.29, 1.82) is 0 Å². The van der Waals surface area contributed by atoms with Gasteiger partial charge in [-0.05, 0) is 0 Å². The first-order valence-electron chi connectivity index (χ1n) is 2.24. The highest BCUT2D eigenvalue weighted by Crippen LogP contribution is 2.06. The Morgan fingerprint density at radius 2 is 1.55 bits per heavy atom. The van der Waals surface area contributed by atoms with E-state index in [-0.39, 0.29) is 0 Å². The third-order valence-electron chi connectivity index (χ3n) is 0.319. The number of thiol groups is 1. The van der Waals surface area contributed by atoms with Gasteiger partial charge in [-0.15, -0.1) is 0 Å². The molecule has 3 nitrogen and oxygen atoms in total. The van der Waals surface area contributed by atoms with Gasteiger partial charge in [-0.25, -0.2) is 4.79 Å². The fourth-order valence-corrected chi connectivity index (χ4v) is 0. The van der Waals surface area contributed by atoms with E-state index in [2.05, 4.69) is 18.5 Å². The zero-order valence-corrected chi connectivity index (χ0v) is 6.36. The molecule has 0 rings (SSSR count). The molecule has 0 saturated carbocycles. The minimum absolute atomic E-state index is 0.543. The van der Waals surface area contributed by atoms with Crippen LogP contribution in [0.1, 0.15) is 0 Å². The maximum absolute atomic E-state index is 9.77. The molecule has 0 heterocycles. The van der Waals surface area contributed by atoms with Gasteiger partial charge in [0, 0.05) is 7.05 Å². The van der Waals surface area contributed by atoms with Crippen molar-refractivity contribution in [1.82, 2.24) is 4.31 Å². The third-order valence-corrected chi connectivity index (χ3v) is 0.516. The highest BCUT2D eigenvalue weighted by atomic mass is 32.1. The fraction of sp³-hybridized carbons (Fsp3) is 0.500. The van der Waals surface area contributed by atoms with Gasteiger partial charge in [0.25, 0.3) is 0 Å². The second-order valence-corrected chi connectivity index (χ2v) is 1.96. The van der Waals surface area contributed by atoms with E-state index in [0.717, 1.165) is 4.31 Å². The molecule has 0 fully saturated rings. The molecule has 0 unspecified atom stereocenters. The first-order chi connectivity index (χ1) is 4.64. The van der Waals surface area contributed by atoms with Crippen LogP contribution in [0.25, 0.3) is 0 Å². The van der Waals surface area contributed by atoms with Crippen LogP contribution in [0.3, 0.4) is 0 Å². The minimum Gasteiger partial charge on any atom is -0.418 e. The van der Waals surface area contributed by atoms with Gasteiger partial charge < -0.3 is 23.0 Å². The first kappa shape index (κ1) is 13.0. The average Bonchev–Trinajstić information content (AvgIpc) is 1.59. The number of hydrogen-bond acceptors (Lipinski definition) is 2. The zero-order valence-electron chi connectivity index (χ0n) is 5.47. The van der Waals surface area contributed by atoms with Gasteiger partial charge in [0.05, 0.1) is 0 Å². The lowest BCUT2D eigenvalue weighted by Gasteiger charge is -1.99. The Balaban J connectivity index is 0. The number of carbonyl (C=O) groups is 1. The summed E-state index contributed by atoms with van der Waals surface area (Å²) in [6.07, 6.45) is 0. The van der Waals surface area contributed by atoms with Crippen LogP contribution in [0, 0.1) is 0 Å². The number of amides is 2. The summed E-state index contributed by atoms with van der Waals surface area (Å²) in [7, 11) is -4.54. The van der Waals surface area contributed by atoms with Crippen molar-refractivity contribution in [3.05, 3.63) is 0 Å². The number of rotatable bonds is 0. The highest BCUT2D eigenvalue weighted by molar-refractivity contribution is 7.78. The largest absolute Gasteiger partial charge is 0.673 e. The van der Waals surface area contributed by atoms with Crippen LogP contribution in [0.5, 0.6) is 0 Å². The molecule has 68 valence electrons. The van der Waals surface area contributed by atoms with E-state index in [4.69, 9.17) is 0 Å². The first-order valence-corrected chi connectivity index (χ1v) is 2.64. The number of primary amides is 1. The Labute approximate surface area is 66.2 Å². The minimum atomic E-state index is -6.00. The van der Waals surface area contributed by atoms with Crippen LogP contribution in [-0.2, 0) is 0 Å². The van der Waals surface area contributed by atoms with Gasteiger partial charge in [0.1, 0.15) is 0 Å². The predicted molar refractivity (Wildman–Crippen MR) is 36.5 cm³/mol. The number of halogens is 4. The van der Waals surface area contributed by atoms with Crippen molar-refractivity contribution >= 4 is 26.1 Å². The third kappa shape index (κ3) is 44.5. The van der Waals surface area contributed by atoms with Crippen LogP contribution < -0.4 is 5.73 Å². The normalized spacial score (nSPS) is 9.64. The van der Waals surface area contributed by atoms with Crippen LogP contribution in [0.15, 0.2) is 0 Å². The number of urea groups is 1. The highest BCUT2D eigenvalue weighted by Gasteiger charge is 2.20. The van der Waals surface area contributed by atoms with Crippen LogP contribution in [-0.4, -0.2) is 24.6 Å². The monoisotopic (exact) mass is 193 g/mol. The number of hydrogen-bond donors (Lipinski definition) is 2. The van der Waals surface area contributed by atoms with Crippen molar-refractivity contribution in [3.63, 3.8) is 0 Å². The average molecular weight is 193 g/mol. The second kappa shape index (κ2) is 5.11. The molecule has 9 heteroatoms. The van der Waals surface area contributed by atoms with Gasteiger partial charge in [-0.2, -0.15) is 0 Å². The number of nitrogens with zero attached hydrogens (tertiary/aromatic N) is 1. The summed E-state index contributed by atoms with van der Waals surface area (Å²) in [5.74, 6) is 0. The molecule has 0 radical (unpaired) electrons. The smallest absolute Gasteiger partial charge is 0.418 e. The lowest BCUT2D eigenvalue weighted by Crippen LogP contribution is -2.23. The van der Waals surface area contributed by atoms with E-state index in [0.29, 0.717) is 0 Å². The van der Waals surface area contributed by atoms with Crippen LogP contribution in [0.4, 0.5) is 22.1 Å². The van der Waals surface area contributed by atoms with Gasteiger partial charge in [-0.3, -0.25) is 4.31 Å². The molecule has 0 aliphatic heterocycles. The van der Waals surface area contributed by atoms with E-state index < -0.39 is 13.3 Å². The SMILES string of the molecule is CN(S)C(N)=O.F[B-](F)(F)F. The van der Waals surface area contributed by atoms with E-state index >= 15 is 0 Å². The molecule has 2 N–H and O–H groups in total. The molecular formula is C2H6BF4N2OS-. The summed E-state index contributed by atoms with van der Waals surface area (Å²) in [4.78, 5) is 9.77. The summed E-state index contributed by atoms with van der Waals surface area (Å²) in [6.45, 7) is 0. The summed E-state index contributed by atoms with van der Waals surface area (Å²) in [6, 6.07) is -0.543. The van der Waals surface area contributed by atoms with Gasteiger partial charge in [-0.1, -0.05) is 12.8 Å². The maximum atomic E-state index is 9.77. The molecule has 0 atom stereocenters. The van der Waals surface area contributed by atoms with Gasteiger partial charge >= 0.3 is 13.3 Å². The molecule has 0 aliphatic carbocycles. The van der Waals surface area contributed by atoms with Crippen molar-refractivity contribution in [2.75, 3.05) is 7.05 Å². The van der Waals surface area contributed by atoms with Crippen molar-refractivity contribution in [2.24, 2.45) is 5.73 Å². The van der Waals surface area contributed by atoms with E-state index in [1.807, 2.05) is 0 Å². The Hall–Kier alpha value is -0.595. The Morgan fingerprint density at radius 1 is 1.45 bits per heavy atom. The van der Waals surface area contributed by atoms with Gasteiger partial charge in [0.15, 0.2) is 0 Å². The molecule has 2 amide bonds.